The SMILES string of the molecule is COc1cccc(C[NH+]2CCc3cc(OC)c(OC)cc3[C@@H]2CNC(=O)C2CC2)c1. The number of rotatable bonds is 8. The number of amides is 1. The molecule has 1 amide bonds. The molecule has 0 spiro atoms. The molecule has 6 nitrogen and oxygen atoms in total. The predicted octanol–water partition coefficient (Wildman–Crippen LogP) is 1.92. The van der Waals surface area contributed by atoms with Gasteiger partial charge in [-0.2, -0.15) is 0 Å². The van der Waals surface area contributed by atoms with Crippen LogP contribution in [0.2, 0.25) is 0 Å². The molecule has 1 saturated carbocycles. The number of ether oxygens (including phenoxy) is 3. The minimum Gasteiger partial charge on any atom is -0.497 e. The quantitative estimate of drug-likeness (QED) is 0.697. The maximum absolute atomic E-state index is 12.4. The molecule has 6 heteroatoms. The fourth-order valence-corrected chi connectivity index (χ4v) is 4.37. The predicted molar refractivity (Wildman–Crippen MR) is 114 cm³/mol. The van der Waals surface area contributed by atoms with Crippen LogP contribution >= 0.6 is 0 Å². The number of quaternary nitrogens is 1. The van der Waals surface area contributed by atoms with Crippen LogP contribution in [0.25, 0.3) is 0 Å². The van der Waals surface area contributed by atoms with Crippen molar-refractivity contribution in [1.29, 1.82) is 0 Å². The maximum atomic E-state index is 12.4. The van der Waals surface area contributed by atoms with Gasteiger partial charge in [0.2, 0.25) is 5.91 Å². The Morgan fingerprint density at radius 2 is 1.83 bits per heavy atom. The van der Waals surface area contributed by atoms with Crippen molar-refractivity contribution in [1.82, 2.24) is 5.32 Å². The zero-order valence-corrected chi connectivity index (χ0v) is 18.0. The summed E-state index contributed by atoms with van der Waals surface area (Å²) in [5.74, 6) is 2.75. The molecule has 30 heavy (non-hydrogen) atoms. The van der Waals surface area contributed by atoms with Crippen LogP contribution in [0, 0.1) is 5.92 Å². The summed E-state index contributed by atoms with van der Waals surface area (Å²) in [5.41, 5.74) is 3.73. The van der Waals surface area contributed by atoms with Gasteiger partial charge in [-0.05, 0) is 42.7 Å². The highest BCUT2D eigenvalue weighted by Gasteiger charge is 2.35. The Balaban J connectivity index is 1.62. The Morgan fingerprint density at radius 3 is 2.53 bits per heavy atom. The topological polar surface area (TPSA) is 61.2 Å². The van der Waals surface area contributed by atoms with Gasteiger partial charge in [-0.25, -0.2) is 0 Å². The molecule has 2 aromatic carbocycles. The van der Waals surface area contributed by atoms with Gasteiger partial charge in [0, 0.05) is 23.5 Å². The molecule has 2 aromatic rings. The Morgan fingerprint density at radius 1 is 1.07 bits per heavy atom. The molecule has 1 unspecified atom stereocenters. The second-order valence-corrected chi connectivity index (χ2v) is 8.16. The lowest BCUT2D eigenvalue weighted by Gasteiger charge is -2.35. The first-order valence-electron chi connectivity index (χ1n) is 10.6. The van der Waals surface area contributed by atoms with Crippen LogP contribution in [-0.2, 0) is 17.8 Å². The number of hydrogen-bond acceptors (Lipinski definition) is 4. The summed E-state index contributed by atoms with van der Waals surface area (Å²) in [6, 6.07) is 12.6. The first-order chi connectivity index (χ1) is 14.6. The molecule has 2 aliphatic rings. The van der Waals surface area contributed by atoms with Gasteiger partial charge in [0.1, 0.15) is 18.3 Å². The molecule has 1 fully saturated rings. The van der Waals surface area contributed by atoms with Gasteiger partial charge in [-0.3, -0.25) is 4.79 Å². The van der Waals surface area contributed by atoms with E-state index in [2.05, 4.69) is 29.6 Å². The van der Waals surface area contributed by atoms with E-state index >= 15 is 0 Å². The van der Waals surface area contributed by atoms with Crippen LogP contribution in [-0.4, -0.2) is 40.3 Å². The minimum atomic E-state index is 0.155. The third-order valence-electron chi connectivity index (χ3n) is 6.22. The summed E-state index contributed by atoms with van der Waals surface area (Å²) in [7, 11) is 5.03. The van der Waals surface area contributed by atoms with Crippen molar-refractivity contribution < 1.29 is 23.9 Å². The largest absolute Gasteiger partial charge is 0.497 e. The Hall–Kier alpha value is -2.73. The number of benzene rings is 2. The van der Waals surface area contributed by atoms with Crippen molar-refractivity contribution in [2.45, 2.75) is 31.8 Å². The maximum Gasteiger partial charge on any atom is 0.223 e. The number of nitrogens with one attached hydrogen (secondary N) is 2. The van der Waals surface area contributed by atoms with Gasteiger partial charge in [0.15, 0.2) is 11.5 Å². The summed E-state index contributed by atoms with van der Waals surface area (Å²) in [4.78, 5) is 13.8. The molecular weight excluding hydrogens is 380 g/mol. The summed E-state index contributed by atoms with van der Waals surface area (Å²) in [6.45, 7) is 2.48. The second kappa shape index (κ2) is 8.96. The number of fused-ring (bicyclic) bond motifs is 1. The third-order valence-corrected chi connectivity index (χ3v) is 6.22. The molecule has 1 heterocycles. The average molecular weight is 412 g/mol. The molecule has 2 atom stereocenters. The average Bonchev–Trinajstić information content (AvgIpc) is 3.62. The first-order valence-corrected chi connectivity index (χ1v) is 10.6. The van der Waals surface area contributed by atoms with E-state index in [9.17, 15) is 4.79 Å². The zero-order valence-electron chi connectivity index (χ0n) is 18.0. The second-order valence-electron chi connectivity index (χ2n) is 8.16. The summed E-state index contributed by atoms with van der Waals surface area (Å²) in [6.07, 6.45) is 2.99. The smallest absolute Gasteiger partial charge is 0.223 e. The molecular formula is C24H31N2O4+. The number of hydrogen-bond donors (Lipinski definition) is 2. The third kappa shape index (κ3) is 4.38. The van der Waals surface area contributed by atoms with Gasteiger partial charge < -0.3 is 24.4 Å². The van der Waals surface area contributed by atoms with Crippen LogP contribution < -0.4 is 24.4 Å². The highest BCUT2D eigenvalue weighted by atomic mass is 16.5. The fraction of sp³-hybridized carbons (Fsp3) is 0.458. The minimum absolute atomic E-state index is 0.155. The molecule has 1 aliphatic heterocycles. The van der Waals surface area contributed by atoms with Crippen LogP contribution in [0.1, 0.15) is 35.6 Å². The Kier molecular flexibility index (Phi) is 6.13. The van der Waals surface area contributed by atoms with E-state index in [1.54, 1.807) is 21.3 Å². The lowest BCUT2D eigenvalue weighted by atomic mass is 9.91. The standard InChI is InChI=1S/C24H30N2O4/c1-28-19-6-4-5-16(11-19)15-26-10-9-18-12-22(29-2)23(30-3)13-20(18)21(26)14-25-24(27)17-7-8-17/h4-6,11-13,17,21H,7-10,14-15H2,1-3H3,(H,25,27)/p+1/t21-/m0/s1. The van der Waals surface area contributed by atoms with Gasteiger partial charge >= 0.3 is 0 Å². The summed E-state index contributed by atoms with van der Waals surface area (Å²) in [5, 5.41) is 3.20. The van der Waals surface area contributed by atoms with E-state index in [1.807, 2.05) is 12.1 Å². The summed E-state index contributed by atoms with van der Waals surface area (Å²) >= 11 is 0. The number of carbonyl (C=O) groups is 1. The van der Waals surface area contributed by atoms with Crippen molar-refractivity contribution in [2.24, 2.45) is 5.92 Å². The van der Waals surface area contributed by atoms with E-state index < -0.39 is 0 Å². The van der Waals surface area contributed by atoms with Gasteiger partial charge in [0.05, 0.1) is 34.4 Å². The zero-order chi connectivity index (χ0) is 21.1. The molecule has 4 rings (SSSR count). The monoisotopic (exact) mass is 411 g/mol. The Labute approximate surface area is 178 Å². The van der Waals surface area contributed by atoms with Crippen molar-refractivity contribution in [2.75, 3.05) is 34.4 Å². The van der Waals surface area contributed by atoms with Crippen molar-refractivity contribution in [3.05, 3.63) is 53.1 Å². The highest BCUT2D eigenvalue weighted by Crippen LogP contribution is 2.34. The van der Waals surface area contributed by atoms with Crippen molar-refractivity contribution in [3.63, 3.8) is 0 Å². The van der Waals surface area contributed by atoms with Gasteiger partial charge in [-0.1, -0.05) is 12.1 Å². The van der Waals surface area contributed by atoms with Crippen LogP contribution in [0.15, 0.2) is 36.4 Å². The van der Waals surface area contributed by atoms with E-state index in [1.165, 1.54) is 21.6 Å². The summed E-state index contributed by atoms with van der Waals surface area (Å²) < 4.78 is 16.5. The molecule has 160 valence electrons. The molecule has 1 aliphatic carbocycles. The van der Waals surface area contributed by atoms with Crippen molar-refractivity contribution >= 4 is 5.91 Å². The molecule has 2 N–H and O–H groups in total. The van der Waals surface area contributed by atoms with Crippen LogP contribution in [0.3, 0.4) is 0 Å². The van der Waals surface area contributed by atoms with E-state index in [0.717, 1.165) is 49.6 Å². The van der Waals surface area contributed by atoms with E-state index in [0.29, 0.717) is 6.54 Å². The normalized spacial score (nSPS) is 20.2. The Bertz CT molecular complexity index is 910. The fourth-order valence-electron chi connectivity index (χ4n) is 4.37. The van der Waals surface area contributed by atoms with Gasteiger partial charge in [0.25, 0.3) is 0 Å². The van der Waals surface area contributed by atoms with E-state index in [-0.39, 0.29) is 17.9 Å². The highest BCUT2D eigenvalue weighted by molar-refractivity contribution is 5.80. The van der Waals surface area contributed by atoms with E-state index in [4.69, 9.17) is 14.2 Å². The number of methoxy groups -OCH3 is 3. The van der Waals surface area contributed by atoms with Crippen LogP contribution in [0.5, 0.6) is 17.2 Å². The lowest BCUT2D eigenvalue weighted by molar-refractivity contribution is -0.945. The first kappa shape index (κ1) is 20.5. The van der Waals surface area contributed by atoms with Gasteiger partial charge in [-0.15, -0.1) is 0 Å². The number of carbonyl (C=O) groups excluding carboxylic acids is 1. The van der Waals surface area contributed by atoms with Crippen LogP contribution in [0.4, 0.5) is 0 Å². The molecule has 0 saturated heterocycles. The van der Waals surface area contributed by atoms with Crippen molar-refractivity contribution in [3.8, 4) is 17.2 Å². The molecule has 0 bridgehead atoms. The lowest BCUT2D eigenvalue weighted by Crippen LogP contribution is -3.12. The molecule has 0 aromatic heterocycles. The molecule has 0 radical (unpaired) electrons.